The lowest BCUT2D eigenvalue weighted by Crippen LogP contribution is -2.59. The number of benzene rings is 1. The molecule has 164 valence electrons. The zero-order valence-corrected chi connectivity index (χ0v) is 18.1. The smallest absolute Gasteiger partial charge is 0.237 e. The van der Waals surface area contributed by atoms with Gasteiger partial charge in [-0.25, -0.2) is 0 Å². The highest BCUT2D eigenvalue weighted by molar-refractivity contribution is 5.89. The van der Waals surface area contributed by atoms with Crippen molar-refractivity contribution in [2.24, 2.45) is 0 Å². The lowest BCUT2D eigenvalue weighted by atomic mass is 10.0. The van der Waals surface area contributed by atoms with Gasteiger partial charge in [0, 0.05) is 25.7 Å². The van der Waals surface area contributed by atoms with Crippen molar-refractivity contribution in [3.63, 3.8) is 0 Å². The molecule has 0 aromatic heterocycles. The number of carbonyl (C=O) groups excluding carboxylic acids is 2. The van der Waals surface area contributed by atoms with E-state index < -0.39 is 0 Å². The molecule has 3 fully saturated rings. The summed E-state index contributed by atoms with van der Waals surface area (Å²) in [5, 5.41) is 2.97. The number of piperazine rings is 1. The maximum Gasteiger partial charge on any atom is 0.237 e. The van der Waals surface area contributed by atoms with E-state index in [1.54, 1.807) is 14.2 Å². The minimum absolute atomic E-state index is 0.00311. The van der Waals surface area contributed by atoms with Gasteiger partial charge in [0.25, 0.3) is 0 Å². The summed E-state index contributed by atoms with van der Waals surface area (Å²) in [5.41, 5.74) is 1.05. The van der Waals surface area contributed by atoms with Crippen LogP contribution in [0, 0.1) is 0 Å². The van der Waals surface area contributed by atoms with Crippen LogP contribution < -0.4 is 14.8 Å². The summed E-state index contributed by atoms with van der Waals surface area (Å²) in [6, 6.07) is 5.98. The standard InChI is InChI=1S/C23H33N3O4/c1-29-20-10-9-16(14-21(20)30-2)18-8-5-12-26(18)22(27)15-19-23(28)24-11-13-25(19)17-6-3-4-7-17/h9-10,14,17-19H,3-8,11-13,15H2,1-2H3,(H,24,28)/t18-,19-/m0/s1. The van der Waals surface area contributed by atoms with Crippen molar-refractivity contribution in [2.45, 2.75) is 63.1 Å². The number of rotatable bonds is 6. The molecule has 1 saturated carbocycles. The number of ether oxygens (including phenoxy) is 2. The molecule has 0 spiro atoms. The van der Waals surface area contributed by atoms with Crippen LogP contribution in [0.1, 0.15) is 56.6 Å². The Bertz CT molecular complexity index is 778. The van der Waals surface area contributed by atoms with E-state index in [-0.39, 0.29) is 30.3 Å². The lowest BCUT2D eigenvalue weighted by Gasteiger charge is -2.39. The summed E-state index contributed by atoms with van der Waals surface area (Å²) in [4.78, 5) is 30.3. The van der Waals surface area contributed by atoms with Gasteiger partial charge in [-0.15, -0.1) is 0 Å². The van der Waals surface area contributed by atoms with Crippen molar-refractivity contribution in [3.05, 3.63) is 23.8 Å². The van der Waals surface area contributed by atoms with Crippen LogP contribution in [-0.2, 0) is 9.59 Å². The van der Waals surface area contributed by atoms with Gasteiger partial charge in [-0.3, -0.25) is 14.5 Å². The Morgan fingerprint density at radius 2 is 1.83 bits per heavy atom. The fourth-order valence-corrected chi connectivity index (χ4v) is 5.37. The van der Waals surface area contributed by atoms with Gasteiger partial charge in [0.15, 0.2) is 11.5 Å². The molecule has 7 heteroatoms. The van der Waals surface area contributed by atoms with E-state index in [0.717, 1.165) is 44.3 Å². The minimum atomic E-state index is -0.346. The van der Waals surface area contributed by atoms with Crippen molar-refractivity contribution in [1.29, 1.82) is 0 Å². The molecule has 4 rings (SSSR count). The average molecular weight is 416 g/mol. The third kappa shape index (κ3) is 4.13. The molecule has 2 atom stereocenters. The first-order valence-corrected chi connectivity index (χ1v) is 11.2. The molecule has 2 saturated heterocycles. The fourth-order valence-electron chi connectivity index (χ4n) is 5.37. The van der Waals surface area contributed by atoms with Crippen molar-refractivity contribution in [3.8, 4) is 11.5 Å². The van der Waals surface area contributed by atoms with Crippen molar-refractivity contribution in [1.82, 2.24) is 15.1 Å². The molecule has 0 radical (unpaired) electrons. The van der Waals surface area contributed by atoms with Gasteiger partial charge < -0.3 is 19.7 Å². The highest BCUT2D eigenvalue weighted by atomic mass is 16.5. The Hall–Kier alpha value is -2.28. The minimum Gasteiger partial charge on any atom is -0.493 e. The topological polar surface area (TPSA) is 71.1 Å². The fraction of sp³-hybridized carbons (Fsp3) is 0.652. The Morgan fingerprint density at radius 1 is 1.07 bits per heavy atom. The zero-order valence-electron chi connectivity index (χ0n) is 18.1. The zero-order chi connectivity index (χ0) is 21.1. The number of amides is 2. The molecule has 2 aliphatic heterocycles. The van der Waals surface area contributed by atoms with Gasteiger partial charge in [-0.05, 0) is 43.4 Å². The normalized spacial score (nSPS) is 25.4. The van der Waals surface area contributed by atoms with E-state index in [4.69, 9.17) is 9.47 Å². The van der Waals surface area contributed by atoms with Crippen LogP contribution in [0.3, 0.4) is 0 Å². The maximum absolute atomic E-state index is 13.3. The van der Waals surface area contributed by atoms with Gasteiger partial charge in [0.1, 0.15) is 0 Å². The molecular formula is C23H33N3O4. The maximum atomic E-state index is 13.3. The molecule has 1 N–H and O–H groups in total. The van der Waals surface area contributed by atoms with E-state index in [1.165, 1.54) is 12.8 Å². The number of hydrogen-bond acceptors (Lipinski definition) is 5. The predicted molar refractivity (Wildman–Crippen MR) is 114 cm³/mol. The molecule has 7 nitrogen and oxygen atoms in total. The predicted octanol–water partition coefficient (Wildman–Crippen LogP) is 2.50. The first kappa shape index (κ1) is 21.0. The van der Waals surface area contributed by atoms with E-state index >= 15 is 0 Å². The van der Waals surface area contributed by atoms with Gasteiger partial charge in [-0.1, -0.05) is 18.9 Å². The largest absolute Gasteiger partial charge is 0.493 e. The molecule has 0 unspecified atom stereocenters. The van der Waals surface area contributed by atoms with Crippen LogP contribution in [0.5, 0.6) is 11.5 Å². The molecule has 3 aliphatic rings. The number of hydrogen-bond donors (Lipinski definition) is 1. The number of methoxy groups -OCH3 is 2. The average Bonchev–Trinajstić information content (AvgIpc) is 3.47. The van der Waals surface area contributed by atoms with Crippen molar-refractivity contribution in [2.75, 3.05) is 33.9 Å². The van der Waals surface area contributed by atoms with Crippen LogP contribution in [0.4, 0.5) is 0 Å². The van der Waals surface area contributed by atoms with Gasteiger partial charge >= 0.3 is 0 Å². The van der Waals surface area contributed by atoms with Gasteiger partial charge in [-0.2, -0.15) is 0 Å². The number of carbonyl (C=O) groups is 2. The third-order valence-electron chi connectivity index (χ3n) is 6.90. The van der Waals surface area contributed by atoms with Gasteiger partial charge in [0.2, 0.25) is 11.8 Å². The number of likely N-dealkylation sites (tertiary alicyclic amines) is 1. The molecule has 0 bridgehead atoms. The highest BCUT2D eigenvalue weighted by Gasteiger charge is 2.39. The SMILES string of the molecule is COc1ccc([C@@H]2CCCN2C(=O)C[C@H]2C(=O)NCCN2C2CCCC2)cc1OC. The summed E-state index contributed by atoms with van der Waals surface area (Å²) in [5.74, 6) is 1.43. The Labute approximate surface area is 178 Å². The molecule has 1 aliphatic carbocycles. The van der Waals surface area contributed by atoms with Crippen LogP contribution in [0.15, 0.2) is 18.2 Å². The summed E-state index contributed by atoms with van der Waals surface area (Å²) < 4.78 is 10.8. The number of nitrogens with one attached hydrogen (secondary N) is 1. The van der Waals surface area contributed by atoms with Crippen LogP contribution in [0.2, 0.25) is 0 Å². The third-order valence-corrected chi connectivity index (χ3v) is 6.90. The molecule has 30 heavy (non-hydrogen) atoms. The highest BCUT2D eigenvalue weighted by Crippen LogP contribution is 2.37. The van der Waals surface area contributed by atoms with E-state index in [1.807, 2.05) is 23.1 Å². The Morgan fingerprint density at radius 3 is 2.57 bits per heavy atom. The molecular weight excluding hydrogens is 382 g/mol. The monoisotopic (exact) mass is 415 g/mol. The van der Waals surface area contributed by atoms with E-state index in [2.05, 4.69) is 10.2 Å². The van der Waals surface area contributed by atoms with E-state index in [9.17, 15) is 9.59 Å². The van der Waals surface area contributed by atoms with Crippen LogP contribution in [0.25, 0.3) is 0 Å². The number of nitrogens with zero attached hydrogens (tertiary/aromatic N) is 2. The molecule has 1 aromatic carbocycles. The first-order valence-electron chi connectivity index (χ1n) is 11.2. The van der Waals surface area contributed by atoms with Crippen LogP contribution >= 0.6 is 0 Å². The summed E-state index contributed by atoms with van der Waals surface area (Å²) in [7, 11) is 3.24. The second kappa shape index (κ2) is 9.25. The molecule has 1 aromatic rings. The van der Waals surface area contributed by atoms with Gasteiger partial charge in [0.05, 0.1) is 32.7 Å². The summed E-state index contributed by atoms with van der Waals surface area (Å²) in [6.45, 7) is 2.25. The molecule has 2 heterocycles. The van der Waals surface area contributed by atoms with Crippen molar-refractivity contribution >= 4 is 11.8 Å². The summed E-state index contributed by atoms with van der Waals surface area (Å²) in [6.07, 6.45) is 6.85. The van der Waals surface area contributed by atoms with E-state index in [0.29, 0.717) is 24.1 Å². The molecule has 2 amide bonds. The second-order valence-electron chi connectivity index (χ2n) is 8.55. The van der Waals surface area contributed by atoms with Crippen LogP contribution in [-0.4, -0.2) is 67.6 Å². The second-order valence-corrected chi connectivity index (χ2v) is 8.55. The Kier molecular flexibility index (Phi) is 6.46. The lowest BCUT2D eigenvalue weighted by molar-refractivity contribution is -0.140. The first-order chi connectivity index (χ1) is 14.6. The quantitative estimate of drug-likeness (QED) is 0.773. The summed E-state index contributed by atoms with van der Waals surface area (Å²) >= 11 is 0. The Balaban J connectivity index is 1.49. The van der Waals surface area contributed by atoms with Crippen molar-refractivity contribution < 1.29 is 19.1 Å².